The number of hydrogen-bond acceptors (Lipinski definition) is 3. The summed E-state index contributed by atoms with van der Waals surface area (Å²) < 4.78 is 0. The van der Waals surface area contributed by atoms with Crippen LogP contribution in [0.4, 0.5) is 16.2 Å². The number of para-hydroxylation sites is 2. The summed E-state index contributed by atoms with van der Waals surface area (Å²) in [4.78, 5) is 25.6. The van der Waals surface area contributed by atoms with E-state index in [1.165, 1.54) is 6.07 Å². The predicted molar refractivity (Wildman–Crippen MR) is 140 cm³/mol. The fourth-order valence-electron chi connectivity index (χ4n) is 4.19. The summed E-state index contributed by atoms with van der Waals surface area (Å²) in [5.41, 5.74) is -0.213. The van der Waals surface area contributed by atoms with Crippen molar-refractivity contribution in [3.05, 3.63) is 125 Å². The van der Waals surface area contributed by atoms with Crippen LogP contribution in [0.2, 0.25) is 0 Å². The van der Waals surface area contributed by atoms with Gasteiger partial charge < -0.3 is 0 Å². The molecule has 1 N–H and O–H groups in total. The van der Waals surface area contributed by atoms with Crippen molar-refractivity contribution in [1.82, 2.24) is 0 Å². The second-order valence-electron chi connectivity index (χ2n) is 7.78. The summed E-state index contributed by atoms with van der Waals surface area (Å²) in [7, 11) is 0. The normalized spacial score (nSPS) is 12.0. The maximum atomic E-state index is 14.5. The summed E-state index contributed by atoms with van der Waals surface area (Å²) in [6.45, 7) is -1.75. The molecule has 0 saturated heterocycles. The number of anilines is 1. The van der Waals surface area contributed by atoms with Gasteiger partial charge in [-0.25, -0.2) is 0 Å². The smallest absolute Gasteiger partial charge is 0.147 e. The van der Waals surface area contributed by atoms with Crippen molar-refractivity contribution in [1.29, 1.82) is 0 Å². The number of carbonyl (C=O) groups is 1. The monoisotopic (exact) mass is 478 g/mol. The molecule has 0 aliphatic heterocycles. The van der Waals surface area contributed by atoms with Crippen LogP contribution in [0.3, 0.4) is 0 Å². The van der Waals surface area contributed by atoms with E-state index in [0.29, 0.717) is 0 Å². The van der Waals surface area contributed by atoms with Gasteiger partial charge >= 0.3 is 187 Å². The van der Waals surface area contributed by atoms with E-state index in [0.717, 1.165) is 15.9 Å². The van der Waals surface area contributed by atoms with Crippen LogP contribution in [0.1, 0.15) is 0 Å². The van der Waals surface area contributed by atoms with Gasteiger partial charge in [0.1, 0.15) is 0 Å². The Hall–Kier alpha value is -3.53. The van der Waals surface area contributed by atoms with Crippen molar-refractivity contribution in [3.8, 4) is 0 Å². The molecular formula is C26H24ClN2O3P. The first-order valence-electron chi connectivity index (χ1n) is 10.2. The summed E-state index contributed by atoms with van der Waals surface area (Å²) >= 11 is 0. The quantitative estimate of drug-likeness (QED) is 0.219. The van der Waals surface area contributed by atoms with Gasteiger partial charge in [-0.2, -0.15) is 0 Å². The molecule has 0 aliphatic carbocycles. The Morgan fingerprint density at radius 1 is 0.697 bits per heavy atom. The molecule has 4 aromatic carbocycles. The van der Waals surface area contributed by atoms with E-state index in [4.69, 9.17) is 0 Å². The molecule has 0 atom stereocenters. The van der Waals surface area contributed by atoms with Crippen molar-refractivity contribution >= 4 is 51.9 Å². The van der Waals surface area contributed by atoms with Crippen molar-refractivity contribution < 1.29 is 9.72 Å². The Labute approximate surface area is 199 Å². The molecule has 0 radical (unpaired) electrons. The molecular weight excluding hydrogens is 455 g/mol. The van der Waals surface area contributed by atoms with Crippen molar-refractivity contribution in [3.63, 3.8) is 0 Å². The van der Waals surface area contributed by atoms with E-state index < -0.39 is 11.5 Å². The third kappa shape index (κ3) is 3.91. The van der Waals surface area contributed by atoms with Gasteiger partial charge in [0.15, 0.2) is 0 Å². The van der Waals surface area contributed by atoms with Gasteiger partial charge in [0.05, 0.1) is 0 Å². The SMILES string of the molecule is CP(C(=O)Nc1ccccc1[N+](=O)[O-])(c1ccccc1)(c1ccccc1)c1ccccc1.Cl. The zero-order chi connectivity index (χ0) is 22.6. The van der Waals surface area contributed by atoms with E-state index in [9.17, 15) is 14.9 Å². The minimum atomic E-state index is -3.76. The van der Waals surface area contributed by atoms with E-state index in [-0.39, 0.29) is 29.4 Å². The molecule has 7 heteroatoms. The molecule has 0 unspecified atom stereocenters. The average molecular weight is 479 g/mol. The van der Waals surface area contributed by atoms with E-state index in [2.05, 4.69) is 5.32 Å². The van der Waals surface area contributed by atoms with Crippen LogP contribution >= 0.6 is 19.0 Å². The van der Waals surface area contributed by atoms with Gasteiger partial charge in [-0.1, -0.05) is 0 Å². The number of nitro groups is 1. The predicted octanol–water partition coefficient (Wildman–Crippen LogP) is 5.71. The number of amides is 1. The van der Waals surface area contributed by atoms with Gasteiger partial charge in [-0.15, -0.1) is 12.4 Å². The van der Waals surface area contributed by atoms with Crippen LogP contribution in [-0.4, -0.2) is 17.2 Å². The zero-order valence-electron chi connectivity index (χ0n) is 18.0. The van der Waals surface area contributed by atoms with Crippen LogP contribution in [0.5, 0.6) is 0 Å². The Bertz CT molecular complexity index is 1170. The van der Waals surface area contributed by atoms with E-state index in [1.807, 2.05) is 97.7 Å². The molecule has 0 bridgehead atoms. The molecule has 168 valence electrons. The second-order valence-corrected chi connectivity index (χ2v) is 12.9. The average Bonchev–Trinajstić information content (AvgIpc) is 2.85. The Morgan fingerprint density at radius 2 is 1.06 bits per heavy atom. The van der Waals surface area contributed by atoms with Gasteiger partial charge in [-0.05, 0) is 0 Å². The molecule has 4 rings (SSSR count). The van der Waals surface area contributed by atoms with Crippen LogP contribution in [-0.2, 0) is 0 Å². The third-order valence-corrected chi connectivity index (χ3v) is 11.9. The minimum absolute atomic E-state index is 0. The molecule has 0 saturated carbocycles. The number of benzene rings is 4. The van der Waals surface area contributed by atoms with Crippen molar-refractivity contribution in [2.45, 2.75) is 0 Å². The van der Waals surface area contributed by atoms with Crippen LogP contribution in [0, 0.1) is 10.1 Å². The molecule has 0 aliphatic rings. The molecule has 5 nitrogen and oxygen atoms in total. The first-order chi connectivity index (χ1) is 15.5. The van der Waals surface area contributed by atoms with E-state index >= 15 is 0 Å². The number of carbonyl (C=O) groups excluding carboxylic acids is 1. The largest absolute Gasteiger partial charge is 0.147 e. The summed E-state index contributed by atoms with van der Waals surface area (Å²) in [6.07, 6.45) is 0. The topological polar surface area (TPSA) is 72.2 Å². The molecule has 0 fully saturated rings. The van der Waals surface area contributed by atoms with Gasteiger partial charge in [0, 0.05) is 0 Å². The summed E-state index contributed by atoms with van der Waals surface area (Å²) in [5.74, 6) is 0. The molecule has 33 heavy (non-hydrogen) atoms. The summed E-state index contributed by atoms with van der Waals surface area (Å²) in [5, 5.41) is 17.2. The van der Waals surface area contributed by atoms with Gasteiger partial charge in [0.2, 0.25) is 0 Å². The zero-order valence-corrected chi connectivity index (χ0v) is 19.7. The Kier molecular flexibility index (Phi) is 6.97. The Morgan fingerprint density at radius 3 is 1.45 bits per heavy atom. The van der Waals surface area contributed by atoms with E-state index in [1.54, 1.807) is 18.2 Å². The van der Waals surface area contributed by atoms with Gasteiger partial charge in [-0.3, -0.25) is 0 Å². The molecule has 0 heterocycles. The number of nitro benzene ring substituents is 1. The number of rotatable bonds is 6. The third-order valence-electron chi connectivity index (χ3n) is 6.06. The van der Waals surface area contributed by atoms with Crippen LogP contribution in [0.15, 0.2) is 115 Å². The number of halogens is 1. The van der Waals surface area contributed by atoms with Crippen molar-refractivity contribution in [2.24, 2.45) is 0 Å². The fraction of sp³-hybridized carbons (Fsp3) is 0.0385. The maximum Gasteiger partial charge on any atom is -0.147 e. The number of nitrogens with one attached hydrogen (secondary N) is 1. The minimum Gasteiger partial charge on any atom is -0.147 e. The number of nitrogens with zero attached hydrogens (tertiary/aromatic N) is 1. The van der Waals surface area contributed by atoms with Crippen molar-refractivity contribution in [2.75, 3.05) is 12.0 Å². The van der Waals surface area contributed by atoms with Crippen LogP contribution < -0.4 is 21.2 Å². The first-order valence-corrected chi connectivity index (χ1v) is 12.9. The standard InChI is InChI=1S/C26H23N2O3P.ClH/c1-32(21-13-5-2-6-14-21,22-15-7-3-8-16-22,23-17-9-4-10-18-23)26(29)27-24-19-11-12-20-25(24)28(30)31;/h2-20H,1H3,(H,27,29);1H. The van der Waals surface area contributed by atoms with Gasteiger partial charge in [0.25, 0.3) is 0 Å². The second kappa shape index (κ2) is 9.53. The Balaban J connectivity index is 0.00000306. The maximum absolute atomic E-state index is 14.5. The van der Waals surface area contributed by atoms with Crippen LogP contribution in [0.25, 0.3) is 0 Å². The first kappa shape index (κ1) is 24.1. The molecule has 0 spiro atoms. The summed E-state index contributed by atoms with van der Waals surface area (Å²) in [6, 6.07) is 35.3. The molecule has 4 aromatic rings. The molecule has 1 amide bonds. The number of hydrogen-bond donors (Lipinski definition) is 1. The fourth-order valence-corrected chi connectivity index (χ4v) is 8.94. The molecule has 0 aromatic heterocycles.